The molecule has 1 aromatic rings. The van der Waals surface area contributed by atoms with Gasteiger partial charge < -0.3 is 15.4 Å². The number of nitrogens with zero attached hydrogens (tertiary/aromatic N) is 1. The van der Waals surface area contributed by atoms with Crippen LogP contribution in [0.25, 0.3) is 0 Å². The number of nitrogens with two attached hydrogens (primary N) is 1. The first-order chi connectivity index (χ1) is 9.10. The standard InChI is InChI=1S/C14H17BrN2O2/c15-11-4-2-1-3-10(11)12-9-17(7-8-19-12)13(18)14(16)5-6-14/h1-4,12H,5-9,16H2/t12-/m1/s1. The molecule has 0 aromatic heterocycles. The third-order valence-electron chi connectivity index (χ3n) is 3.82. The number of ether oxygens (including phenoxy) is 1. The molecule has 0 unspecified atom stereocenters. The van der Waals surface area contributed by atoms with Crippen molar-refractivity contribution in [2.24, 2.45) is 5.73 Å². The van der Waals surface area contributed by atoms with Crippen molar-refractivity contribution >= 4 is 21.8 Å². The van der Waals surface area contributed by atoms with Gasteiger partial charge in [0.15, 0.2) is 0 Å². The average Bonchev–Trinajstić information content (AvgIpc) is 3.18. The van der Waals surface area contributed by atoms with Gasteiger partial charge in [0.25, 0.3) is 0 Å². The van der Waals surface area contributed by atoms with E-state index in [0.717, 1.165) is 22.9 Å². The third kappa shape index (κ3) is 2.55. The van der Waals surface area contributed by atoms with Crippen molar-refractivity contribution in [1.29, 1.82) is 0 Å². The van der Waals surface area contributed by atoms with E-state index < -0.39 is 5.54 Å². The van der Waals surface area contributed by atoms with Gasteiger partial charge in [0.2, 0.25) is 5.91 Å². The lowest BCUT2D eigenvalue weighted by atomic mass is 10.1. The van der Waals surface area contributed by atoms with Crippen LogP contribution in [0.2, 0.25) is 0 Å². The zero-order chi connectivity index (χ0) is 13.5. The highest BCUT2D eigenvalue weighted by Gasteiger charge is 2.48. The van der Waals surface area contributed by atoms with Crippen LogP contribution in [0, 0.1) is 0 Å². The molecule has 2 aliphatic rings. The smallest absolute Gasteiger partial charge is 0.242 e. The van der Waals surface area contributed by atoms with Gasteiger partial charge in [-0.15, -0.1) is 0 Å². The molecule has 0 radical (unpaired) electrons. The molecular weight excluding hydrogens is 308 g/mol. The Morgan fingerprint density at radius 1 is 1.42 bits per heavy atom. The predicted octanol–water partition coefficient (Wildman–Crippen LogP) is 1.84. The highest BCUT2D eigenvalue weighted by atomic mass is 79.9. The number of halogens is 1. The zero-order valence-corrected chi connectivity index (χ0v) is 12.2. The molecule has 1 heterocycles. The van der Waals surface area contributed by atoms with Gasteiger partial charge in [-0.25, -0.2) is 0 Å². The highest BCUT2D eigenvalue weighted by Crippen LogP contribution is 2.36. The molecule has 1 saturated heterocycles. The Morgan fingerprint density at radius 2 is 2.16 bits per heavy atom. The summed E-state index contributed by atoms with van der Waals surface area (Å²) in [6, 6.07) is 7.97. The number of benzene rings is 1. The fraction of sp³-hybridized carbons (Fsp3) is 0.500. The van der Waals surface area contributed by atoms with Crippen LogP contribution in [0.4, 0.5) is 0 Å². The molecule has 19 heavy (non-hydrogen) atoms. The van der Waals surface area contributed by atoms with Crippen LogP contribution in [0.5, 0.6) is 0 Å². The number of rotatable bonds is 2. The van der Waals surface area contributed by atoms with Gasteiger partial charge >= 0.3 is 0 Å². The quantitative estimate of drug-likeness (QED) is 0.903. The summed E-state index contributed by atoms with van der Waals surface area (Å²) in [6.07, 6.45) is 1.54. The third-order valence-corrected chi connectivity index (χ3v) is 4.54. The maximum absolute atomic E-state index is 12.3. The minimum atomic E-state index is -0.587. The van der Waals surface area contributed by atoms with Gasteiger partial charge in [-0.1, -0.05) is 34.1 Å². The lowest BCUT2D eigenvalue weighted by molar-refractivity contribution is -0.141. The van der Waals surface area contributed by atoms with Gasteiger partial charge in [-0.3, -0.25) is 4.79 Å². The topological polar surface area (TPSA) is 55.6 Å². The molecule has 3 rings (SSSR count). The molecule has 1 amide bonds. The van der Waals surface area contributed by atoms with Crippen LogP contribution in [0.1, 0.15) is 24.5 Å². The zero-order valence-electron chi connectivity index (χ0n) is 10.6. The molecule has 1 aromatic carbocycles. The second-order valence-electron chi connectivity index (χ2n) is 5.29. The van der Waals surface area contributed by atoms with Crippen molar-refractivity contribution < 1.29 is 9.53 Å². The summed E-state index contributed by atoms with van der Waals surface area (Å²) in [5.41, 5.74) is 6.49. The molecule has 102 valence electrons. The van der Waals surface area contributed by atoms with E-state index in [9.17, 15) is 4.79 Å². The van der Waals surface area contributed by atoms with E-state index in [1.165, 1.54) is 0 Å². The number of carbonyl (C=O) groups is 1. The molecule has 5 heteroatoms. The van der Waals surface area contributed by atoms with Crippen molar-refractivity contribution in [3.8, 4) is 0 Å². The van der Waals surface area contributed by atoms with Crippen molar-refractivity contribution in [3.05, 3.63) is 34.3 Å². The van der Waals surface area contributed by atoms with Gasteiger partial charge in [0.1, 0.15) is 6.10 Å². The normalized spacial score (nSPS) is 25.2. The first-order valence-corrected chi connectivity index (χ1v) is 7.34. The van der Waals surface area contributed by atoms with Crippen molar-refractivity contribution in [3.63, 3.8) is 0 Å². The van der Waals surface area contributed by atoms with Crippen molar-refractivity contribution in [1.82, 2.24) is 4.90 Å². The molecule has 1 aliphatic carbocycles. The van der Waals surface area contributed by atoms with E-state index in [4.69, 9.17) is 10.5 Å². The first-order valence-electron chi connectivity index (χ1n) is 6.54. The van der Waals surface area contributed by atoms with Gasteiger partial charge in [-0.2, -0.15) is 0 Å². The van der Waals surface area contributed by atoms with Crippen molar-refractivity contribution in [2.75, 3.05) is 19.7 Å². The van der Waals surface area contributed by atoms with E-state index in [2.05, 4.69) is 15.9 Å². The highest BCUT2D eigenvalue weighted by molar-refractivity contribution is 9.10. The van der Waals surface area contributed by atoms with Crippen LogP contribution >= 0.6 is 15.9 Å². The minimum Gasteiger partial charge on any atom is -0.370 e. The van der Waals surface area contributed by atoms with Gasteiger partial charge in [0, 0.05) is 11.0 Å². The molecule has 1 aliphatic heterocycles. The Kier molecular flexibility index (Phi) is 3.37. The van der Waals surface area contributed by atoms with E-state index in [1.807, 2.05) is 29.2 Å². The lowest BCUT2D eigenvalue weighted by Crippen LogP contribution is -2.50. The molecule has 0 bridgehead atoms. The van der Waals surface area contributed by atoms with Crippen LogP contribution in [-0.4, -0.2) is 36.0 Å². The number of carbonyl (C=O) groups excluding carboxylic acids is 1. The maximum Gasteiger partial charge on any atom is 0.242 e. The number of hydrogen-bond donors (Lipinski definition) is 1. The molecule has 2 N–H and O–H groups in total. The Bertz CT molecular complexity index is 502. The van der Waals surface area contributed by atoms with Crippen LogP contribution in [0.15, 0.2) is 28.7 Å². The molecule has 1 atom stereocenters. The second kappa shape index (κ2) is 4.89. The molecule has 2 fully saturated rings. The van der Waals surface area contributed by atoms with Crippen LogP contribution in [0.3, 0.4) is 0 Å². The summed E-state index contributed by atoms with van der Waals surface area (Å²) in [4.78, 5) is 14.1. The largest absolute Gasteiger partial charge is 0.370 e. The fourth-order valence-corrected chi connectivity index (χ4v) is 2.96. The Hall–Kier alpha value is -0.910. The summed E-state index contributed by atoms with van der Waals surface area (Å²) in [5.74, 6) is 0.0767. The Balaban J connectivity index is 1.75. The SMILES string of the molecule is NC1(C(=O)N2CCO[C@@H](c3ccccc3Br)C2)CC1. The van der Waals surface area contributed by atoms with E-state index in [-0.39, 0.29) is 12.0 Å². The summed E-state index contributed by atoms with van der Waals surface area (Å²) >= 11 is 3.53. The fourth-order valence-electron chi connectivity index (χ4n) is 2.42. The minimum absolute atomic E-state index is 0.0735. The Morgan fingerprint density at radius 3 is 2.84 bits per heavy atom. The lowest BCUT2D eigenvalue weighted by Gasteiger charge is -2.35. The van der Waals surface area contributed by atoms with E-state index in [1.54, 1.807) is 0 Å². The molecule has 1 saturated carbocycles. The first kappa shape index (κ1) is 13.1. The van der Waals surface area contributed by atoms with E-state index >= 15 is 0 Å². The second-order valence-corrected chi connectivity index (χ2v) is 6.14. The Labute approximate surface area is 121 Å². The average molecular weight is 325 g/mol. The predicted molar refractivity (Wildman–Crippen MR) is 75.6 cm³/mol. The molecule has 4 nitrogen and oxygen atoms in total. The molecule has 0 spiro atoms. The monoisotopic (exact) mass is 324 g/mol. The van der Waals surface area contributed by atoms with Gasteiger partial charge in [0.05, 0.1) is 18.7 Å². The number of amides is 1. The summed E-state index contributed by atoms with van der Waals surface area (Å²) in [5, 5.41) is 0. The maximum atomic E-state index is 12.3. The van der Waals surface area contributed by atoms with Crippen LogP contribution in [-0.2, 0) is 9.53 Å². The molecular formula is C14H17BrN2O2. The number of hydrogen-bond acceptors (Lipinski definition) is 3. The van der Waals surface area contributed by atoms with Crippen LogP contribution < -0.4 is 5.73 Å². The number of morpholine rings is 1. The summed E-state index contributed by atoms with van der Waals surface area (Å²) in [6.45, 7) is 1.78. The van der Waals surface area contributed by atoms with Gasteiger partial charge in [-0.05, 0) is 24.5 Å². The van der Waals surface area contributed by atoms with E-state index in [0.29, 0.717) is 19.7 Å². The summed E-state index contributed by atoms with van der Waals surface area (Å²) in [7, 11) is 0. The summed E-state index contributed by atoms with van der Waals surface area (Å²) < 4.78 is 6.81. The van der Waals surface area contributed by atoms with Crippen molar-refractivity contribution in [2.45, 2.75) is 24.5 Å².